The average Bonchev–Trinajstić information content (AvgIpc) is 2.59. The van der Waals surface area contributed by atoms with Gasteiger partial charge in [0.25, 0.3) is 5.91 Å². The van der Waals surface area contributed by atoms with Gasteiger partial charge < -0.3 is 5.32 Å². The highest BCUT2D eigenvalue weighted by atomic mass is 32.2. The molecule has 0 heterocycles. The lowest BCUT2D eigenvalue weighted by molar-refractivity contribution is 0.0954. The standard InChI is InChI=1S/C17H17N3O3S/c1-13-5-7-16(8-6-13)24(22,23)20-10-9-19-17(21)15-4-2-3-14(11-15)12-18/h2-8,11,20H,9-10H2,1H3,(H,19,21). The monoisotopic (exact) mass is 343 g/mol. The summed E-state index contributed by atoms with van der Waals surface area (Å²) in [6.45, 7) is 2.08. The van der Waals surface area contributed by atoms with Gasteiger partial charge in [0.2, 0.25) is 10.0 Å². The summed E-state index contributed by atoms with van der Waals surface area (Å²) in [4.78, 5) is 12.1. The number of aryl methyl sites for hydroxylation is 1. The minimum atomic E-state index is -3.59. The Morgan fingerprint density at radius 1 is 1.12 bits per heavy atom. The molecule has 124 valence electrons. The molecule has 24 heavy (non-hydrogen) atoms. The van der Waals surface area contributed by atoms with Crippen molar-refractivity contribution >= 4 is 15.9 Å². The van der Waals surface area contributed by atoms with Crippen LogP contribution in [-0.2, 0) is 10.0 Å². The summed E-state index contributed by atoms with van der Waals surface area (Å²) in [7, 11) is -3.59. The summed E-state index contributed by atoms with van der Waals surface area (Å²) in [6, 6.07) is 14.8. The van der Waals surface area contributed by atoms with Crippen molar-refractivity contribution < 1.29 is 13.2 Å². The van der Waals surface area contributed by atoms with Gasteiger partial charge in [0, 0.05) is 18.7 Å². The van der Waals surface area contributed by atoms with Crippen LogP contribution < -0.4 is 10.0 Å². The highest BCUT2D eigenvalue weighted by Crippen LogP contribution is 2.09. The van der Waals surface area contributed by atoms with E-state index in [2.05, 4.69) is 10.0 Å². The number of hydrogen-bond acceptors (Lipinski definition) is 4. The number of carbonyl (C=O) groups is 1. The molecule has 0 aliphatic rings. The van der Waals surface area contributed by atoms with Gasteiger partial charge in [-0.2, -0.15) is 5.26 Å². The minimum Gasteiger partial charge on any atom is -0.351 e. The lowest BCUT2D eigenvalue weighted by Gasteiger charge is -2.08. The number of carbonyl (C=O) groups excluding carboxylic acids is 1. The molecule has 2 aromatic carbocycles. The maximum Gasteiger partial charge on any atom is 0.251 e. The van der Waals surface area contributed by atoms with Gasteiger partial charge in [0.15, 0.2) is 0 Å². The van der Waals surface area contributed by atoms with E-state index in [-0.39, 0.29) is 23.9 Å². The van der Waals surface area contributed by atoms with Crippen molar-refractivity contribution in [2.45, 2.75) is 11.8 Å². The number of nitrogens with zero attached hydrogens (tertiary/aromatic N) is 1. The first-order valence-electron chi connectivity index (χ1n) is 7.27. The molecule has 0 spiro atoms. The van der Waals surface area contributed by atoms with E-state index < -0.39 is 10.0 Å². The molecule has 0 bridgehead atoms. The Balaban J connectivity index is 1.87. The third kappa shape index (κ3) is 4.65. The summed E-state index contributed by atoms with van der Waals surface area (Å²) < 4.78 is 26.6. The third-order valence-corrected chi connectivity index (χ3v) is 4.76. The second-order valence-corrected chi connectivity index (χ2v) is 6.93. The molecule has 0 saturated heterocycles. The Labute approximate surface area is 141 Å². The number of nitriles is 1. The fraction of sp³-hybridized carbons (Fsp3) is 0.176. The van der Waals surface area contributed by atoms with Gasteiger partial charge >= 0.3 is 0 Å². The van der Waals surface area contributed by atoms with Crippen LogP contribution in [0.25, 0.3) is 0 Å². The van der Waals surface area contributed by atoms with E-state index >= 15 is 0 Å². The van der Waals surface area contributed by atoms with Gasteiger partial charge in [0.05, 0.1) is 16.5 Å². The summed E-state index contributed by atoms with van der Waals surface area (Å²) >= 11 is 0. The van der Waals surface area contributed by atoms with E-state index in [1.54, 1.807) is 30.3 Å². The molecule has 0 aliphatic carbocycles. The van der Waals surface area contributed by atoms with Crippen molar-refractivity contribution in [1.82, 2.24) is 10.0 Å². The molecule has 0 aromatic heterocycles. The molecule has 0 unspecified atom stereocenters. The predicted octanol–water partition coefficient (Wildman–Crippen LogP) is 1.57. The van der Waals surface area contributed by atoms with Crippen LogP contribution in [0.15, 0.2) is 53.4 Å². The summed E-state index contributed by atoms with van der Waals surface area (Å²) in [5, 5.41) is 11.4. The van der Waals surface area contributed by atoms with Gasteiger partial charge in [-0.05, 0) is 37.3 Å². The zero-order valence-electron chi connectivity index (χ0n) is 13.1. The minimum absolute atomic E-state index is 0.0693. The molecule has 0 radical (unpaired) electrons. The fourth-order valence-corrected chi connectivity index (χ4v) is 3.03. The largest absolute Gasteiger partial charge is 0.351 e. The van der Waals surface area contributed by atoms with Crippen molar-refractivity contribution in [2.75, 3.05) is 13.1 Å². The predicted molar refractivity (Wildman–Crippen MR) is 89.9 cm³/mol. The third-order valence-electron chi connectivity index (χ3n) is 3.29. The highest BCUT2D eigenvalue weighted by Gasteiger charge is 2.13. The van der Waals surface area contributed by atoms with E-state index in [9.17, 15) is 13.2 Å². The summed E-state index contributed by atoms with van der Waals surface area (Å²) in [6.07, 6.45) is 0. The molecule has 2 N–H and O–H groups in total. The van der Waals surface area contributed by atoms with Crippen LogP contribution in [0.5, 0.6) is 0 Å². The number of benzene rings is 2. The molecule has 0 fully saturated rings. The fourth-order valence-electron chi connectivity index (χ4n) is 1.99. The number of amides is 1. The topological polar surface area (TPSA) is 99.1 Å². The summed E-state index contributed by atoms with van der Waals surface area (Å²) in [5.74, 6) is -0.360. The van der Waals surface area contributed by atoms with Crippen LogP contribution in [0, 0.1) is 18.3 Å². The van der Waals surface area contributed by atoms with Crippen LogP contribution in [0.1, 0.15) is 21.5 Å². The highest BCUT2D eigenvalue weighted by molar-refractivity contribution is 7.89. The number of rotatable bonds is 6. The van der Waals surface area contributed by atoms with Crippen molar-refractivity contribution in [3.8, 4) is 6.07 Å². The lowest BCUT2D eigenvalue weighted by Crippen LogP contribution is -2.34. The van der Waals surface area contributed by atoms with Gasteiger partial charge in [-0.25, -0.2) is 13.1 Å². The van der Waals surface area contributed by atoms with E-state index in [4.69, 9.17) is 5.26 Å². The van der Waals surface area contributed by atoms with Gasteiger partial charge in [-0.3, -0.25) is 4.79 Å². The van der Waals surface area contributed by atoms with Crippen LogP contribution in [-0.4, -0.2) is 27.4 Å². The Bertz CT molecular complexity index is 869. The Kier molecular flexibility index (Phi) is 5.68. The molecular formula is C17H17N3O3S. The van der Waals surface area contributed by atoms with E-state index in [1.807, 2.05) is 13.0 Å². The van der Waals surface area contributed by atoms with E-state index in [0.717, 1.165) is 5.56 Å². The normalized spacial score (nSPS) is 10.8. The second-order valence-electron chi connectivity index (χ2n) is 5.16. The molecule has 2 aromatic rings. The quantitative estimate of drug-likeness (QED) is 0.778. The van der Waals surface area contributed by atoms with E-state index in [1.165, 1.54) is 18.2 Å². The maximum atomic E-state index is 12.1. The molecule has 6 nitrogen and oxygen atoms in total. The first-order chi connectivity index (χ1) is 11.4. The van der Waals surface area contributed by atoms with Gasteiger partial charge in [-0.15, -0.1) is 0 Å². The zero-order chi connectivity index (χ0) is 17.6. The van der Waals surface area contributed by atoms with Crippen molar-refractivity contribution in [1.29, 1.82) is 5.26 Å². The number of nitrogens with one attached hydrogen (secondary N) is 2. The first-order valence-corrected chi connectivity index (χ1v) is 8.75. The van der Waals surface area contributed by atoms with E-state index in [0.29, 0.717) is 11.1 Å². The number of hydrogen-bond donors (Lipinski definition) is 2. The smallest absolute Gasteiger partial charge is 0.251 e. The SMILES string of the molecule is Cc1ccc(S(=O)(=O)NCCNC(=O)c2cccc(C#N)c2)cc1. The molecule has 0 saturated carbocycles. The average molecular weight is 343 g/mol. The Hall–Kier alpha value is -2.69. The van der Waals surface area contributed by atoms with Crippen LogP contribution in [0.2, 0.25) is 0 Å². The van der Waals surface area contributed by atoms with Gasteiger partial charge in [0.1, 0.15) is 0 Å². The molecule has 0 aliphatic heterocycles. The summed E-state index contributed by atoms with van der Waals surface area (Å²) in [5.41, 5.74) is 1.72. The van der Waals surface area contributed by atoms with Gasteiger partial charge in [-0.1, -0.05) is 23.8 Å². The lowest BCUT2D eigenvalue weighted by atomic mass is 10.1. The zero-order valence-corrected chi connectivity index (χ0v) is 13.9. The molecular weight excluding hydrogens is 326 g/mol. The first kappa shape index (κ1) is 17.7. The molecule has 0 atom stereocenters. The molecule has 2 rings (SSSR count). The van der Waals surface area contributed by atoms with Crippen LogP contribution >= 0.6 is 0 Å². The van der Waals surface area contributed by atoms with Crippen LogP contribution in [0.4, 0.5) is 0 Å². The second kappa shape index (κ2) is 7.73. The Morgan fingerprint density at radius 2 is 1.83 bits per heavy atom. The van der Waals surface area contributed by atoms with Crippen molar-refractivity contribution in [3.05, 3.63) is 65.2 Å². The maximum absolute atomic E-state index is 12.1. The Morgan fingerprint density at radius 3 is 2.50 bits per heavy atom. The molecule has 1 amide bonds. The van der Waals surface area contributed by atoms with Crippen molar-refractivity contribution in [3.63, 3.8) is 0 Å². The van der Waals surface area contributed by atoms with Crippen molar-refractivity contribution in [2.24, 2.45) is 0 Å². The van der Waals surface area contributed by atoms with Crippen LogP contribution in [0.3, 0.4) is 0 Å². The number of sulfonamides is 1. The molecule has 7 heteroatoms.